The molecule has 1 aromatic carbocycles. The van der Waals surface area contributed by atoms with Crippen LogP contribution in [0.1, 0.15) is 18.9 Å². The number of non-ortho nitro benzene ring substituents is 1. The van der Waals surface area contributed by atoms with E-state index in [9.17, 15) is 10.1 Å². The Morgan fingerprint density at radius 1 is 1.29 bits per heavy atom. The van der Waals surface area contributed by atoms with E-state index in [0.717, 1.165) is 31.5 Å². The van der Waals surface area contributed by atoms with E-state index in [2.05, 4.69) is 11.4 Å². The predicted molar refractivity (Wildman–Crippen MR) is 69.1 cm³/mol. The third kappa shape index (κ3) is 5.26. The molecule has 0 aliphatic heterocycles. The van der Waals surface area contributed by atoms with Gasteiger partial charge in [-0.05, 0) is 38.4 Å². The molecule has 1 aromatic rings. The summed E-state index contributed by atoms with van der Waals surface area (Å²) in [5.74, 6) is 0. The second kappa shape index (κ2) is 7.57. The molecular formula is C13H18N2O2. The third-order valence-corrected chi connectivity index (χ3v) is 2.46. The van der Waals surface area contributed by atoms with Crippen molar-refractivity contribution >= 4 is 5.69 Å². The highest BCUT2D eigenvalue weighted by Crippen LogP contribution is 2.11. The summed E-state index contributed by atoms with van der Waals surface area (Å²) in [6, 6.07) is 6.72. The molecule has 0 heterocycles. The van der Waals surface area contributed by atoms with E-state index in [1.807, 2.05) is 25.1 Å². The van der Waals surface area contributed by atoms with Gasteiger partial charge in [0, 0.05) is 12.1 Å². The molecule has 0 saturated heterocycles. The van der Waals surface area contributed by atoms with Gasteiger partial charge in [0.2, 0.25) is 0 Å². The molecule has 0 aliphatic rings. The van der Waals surface area contributed by atoms with Crippen molar-refractivity contribution in [3.63, 3.8) is 0 Å². The summed E-state index contributed by atoms with van der Waals surface area (Å²) in [6.07, 6.45) is 6.10. The number of nitro benzene ring substituents is 1. The maximum absolute atomic E-state index is 10.5. The van der Waals surface area contributed by atoms with Crippen molar-refractivity contribution in [1.82, 2.24) is 5.32 Å². The lowest BCUT2D eigenvalue weighted by atomic mass is 10.1. The zero-order valence-corrected chi connectivity index (χ0v) is 10.1. The van der Waals surface area contributed by atoms with E-state index in [0.29, 0.717) is 0 Å². The van der Waals surface area contributed by atoms with Gasteiger partial charge < -0.3 is 5.32 Å². The Hall–Kier alpha value is -1.68. The summed E-state index contributed by atoms with van der Waals surface area (Å²) in [4.78, 5) is 10.1. The average molecular weight is 234 g/mol. The molecule has 0 saturated carbocycles. The van der Waals surface area contributed by atoms with Crippen LogP contribution in [0.4, 0.5) is 5.69 Å². The van der Waals surface area contributed by atoms with Gasteiger partial charge in [-0.25, -0.2) is 0 Å². The average Bonchev–Trinajstić information content (AvgIpc) is 2.34. The highest BCUT2D eigenvalue weighted by molar-refractivity contribution is 5.32. The molecule has 4 heteroatoms. The van der Waals surface area contributed by atoms with Gasteiger partial charge in [-0.1, -0.05) is 24.3 Å². The molecule has 0 fully saturated rings. The zero-order valence-electron chi connectivity index (χ0n) is 10.1. The van der Waals surface area contributed by atoms with Crippen molar-refractivity contribution in [2.45, 2.75) is 19.8 Å². The molecule has 92 valence electrons. The molecule has 17 heavy (non-hydrogen) atoms. The molecule has 1 rings (SSSR count). The van der Waals surface area contributed by atoms with Gasteiger partial charge in [0.15, 0.2) is 0 Å². The van der Waals surface area contributed by atoms with Crippen LogP contribution in [0, 0.1) is 10.1 Å². The molecule has 1 N–H and O–H groups in total. The molecule has 0 radical (unpaired) electrons. The first-order valence-corrected chi connectivity index (χ1v) is 5.79. The minimum atomic E-state index is -0.376. The quantitative estimate of drug-likeness (QED) is 0.341. The van der Waals surface area contributed by atoms with Crippen LogP contribution in [0.5, 0.6) is 0 Å². The Bertz CT molecular complexity index is 372. The molecule has 0 atom stereocenters. The maximum Gasteiger partial charge on any atom is 0.269 e. The fourth-order valence-electron chi connectivity index (χ4n) is 1.49. The zero-order chi connectivity index (χ0) is 12.5. The van der Waals surface area contributed by atoms with E-state index in [1.54, 1.807) is 12.1 Å². The monoisotopic (exact) mass is 234 g/mol. The van der Waals surface area contributed by atoms with E-state index in [1.165, 1.54) is 0 Å². The van der Waals surface area contributed by atoms with Crippen LogP contribution in [0.15, 0.2) is 36.4 Å². The lowest BCUT2D eigenvalue weighted by molar-refractivity contribution is -0.384. The maximum atomic E-state index is 10.5. The smallest absolute Gasteiger partial charge is 0.269 e. The summed E-state index contributed by atoms with van der Waals surface area (Å²) >= 11 is 0. The lowest BCUT2D eigenvalue weighted by Crippen LogP contribution is -2.17. The first kappa shape index (κ1) is 13.4. The number of hydrogen-bond donors (Lipinski definition) is 1. The van der Waals surface area contributed by atoms with Crippen LogP contribution < -0.4 is 5.32 Å². The Kier molecular flexibility index (Phi) is 5.96. The van der Waals surface area contributed by atoms with Crippen molar-refractivity contribution in [3.05, 3.63) is 52.1 Å². The van der Waals surface area contributed by atoms with Gasteiger partial charge in [-0.2, -0.15) is 0 Å². The van der Waals surface area contributed by atoms with Crippen LogP contribution in [-0.2, 0) is 6.42 Å². The topological polar surface area (TPSA) is 55.2 Å². The molecule has 0 amide bonds. The number of allylic oxidation sites excluding steroid dienone is 1. The van der Waals surface area contributed by atoms with Crippen molar-refractivity contribution in [2.24, 2.45) is 0 Å². The first-order chi connectivity index (χ1) is 8.24. The largest absolute Gasteiger partial charge is 0.316 e. The SMILES string of the molecule is C/C=C/CCNCCc1ccc([N+](=O)[O-])cc1. The lowest BCUT2D eigenvalue weighted by Gasteiger charge is -2.03. The van der Waals surface area contributed by atoms with E-state index >= 15 is 0 Å². The fraction of sp³-hybridized carbons (Fsp3) is 0.385. The Labute approximate surface area is 101 Å². The van der Waals surface area contributed by atoms with E-state index in [4.69, 9.17) is 0 Å². The summed E-state index contributed by atoms with van der Waals surface area (Å²) in [7, 11) is 0. The van der Waals surface area contributed by atoms with E-state index < -0.39 is 0 Å². The Morgan fingerprint density at radius 2 is 2.00 bits per heavy atom. The summed E-state index contributed by atoms with van der Waals surface area (Å²) in [5.41, 5.74) is 1.27. The first-order valence-electron chi connectivity index (χ1n) is 5.79. The molecule has 0 aliphatic carbocycles. The Balaban J connectivity index is 2.25. The van der Waals surface area contributed by atoms with Crippen molar-refractivity contribution in [2.75, 3.05) is 13.1 Å². The van der Waals surface area contributed by atoms with Gasteiger partial charge in [-0.3, -0.25) is 10.1 Å². The summed E-state index contributed by atoms with van der Waals surface area (Å²) in [6.45, 7) is 3.88. The second-order valence-corrected chi connectivity index (χ2v) is 3.78. The predicted octanol–water partition coefficient (Wildman–Crippen LogP) is 2.69. The van der Waals surface area contributed by atoms with Gasteiger partial charge in [0.25, 0.3) is 5.69 Å². The molecule has 0 spiro atoms. The number of nitrogens with zero attached hydrogens (tertiary/aromatic N) is 1. The number of rotatable bonds is 7. The van der Waals surface area contributed by atoms with Crippen LogP contribution in [0.2, 0.25) is 0 Å². The molecule has 0 unspecified atom stereocenters. The van der Waals surface area contributed by atoms with Gasteiger partial charge in [-0.15, -0.1) is 0 Å². The number of nitro groups is 1. The van der Waals surface area contributed by atoms with Crippen LogP contribution in [0.3, 0.4) is 0 Å². The number of benzene rings is 1. The standard InChI is InChI=1S/C13H18N2O2/c1-2-3-4-10-14-11-9-12-5-7-13(8-6-12)15(16)17/h2-3,5-8,14H,4,9-11H2,1H3/b3-2+. The number of nitrogens with one attached hydrogen (secondary N) is 1. The highest BCUT2D eigenvalue weighted by atomic mass is 16.6. The van der Waals surface area contributed by atoms with Crippen LogP contribution in [0.25, 0.3) is 0 Å². The summed E-state index contributed by atoms with van der Waals surface area (Å²) in [5, 5.41) is 13.8. The second-order valence-electron chi connectivity index (χ2n) is 3.78. The van der Waals surface area contributed by atoms with Gasteiger partial charge >= 0.3 is 0 Å². The minimum absolute atomic E-state index is 0.148. The van der Waals surface area contributed by atoms with Crippen molar-refractivity contribution in [1.29, 1.82) is 0 Å². The number of hydrogen-bond acceptors (Lipinski definition) is 3. The molecular weight excluding hydrogens is 216 g/mol. The van der Waals surface area contributed by atoms with Crippen molar-refractivity contribution < 1.29 is 4.92 Å². The highest BCUT2D eigenvalue weighted by Gasteiger charge is 2.03. The van der Waals surface area contributed by atoms with Gasteiger partial charge in [0.05, 0.1) is 4.92 Å². The molecule has 0 bridgehead atoms. The summed E-state index contributed by atoms with van der Waals surface area (Å²) < 4.78 is 0. The normalized spacial score (nSPS) is 10.9. The van der Waals surface area contributed by atoms with Crippen LogP contribution in [-0.4, -0.2) is 18.0 Å². The Morgan fingerprint density at radius 3 is 2.59 bits per heavy atom. The minimum Gasteiger partial charge on any atom is -0.316 e. The molecule has 0 aromatic heterocycles. The van der Waals surface area contributed by atoms with Crippen molar-refractivity contribution in [3.8, 4) is 0 Å². The fourth-order valence-corrected chi connectivity index (χ4v) is 1.49. The molecule has 4 nitrogen and oxygen atoms in total. The third-order valence-electron chi connectivity index (χ3n) is 2.46. The van der Waals surface area contributed by atoms with E-state index in [-0.39, 0.29) is 10.6 Å². The van der Waals surface area contributed by atoms with Crippen LogP contribution >= 0.6 is 0 Å². The van der Waals surface area contributed by atoms with Gasteiger partial charge in [0.1, 0.15) is 0 Å².